The predicted molar refractivity (Wildman–Crippen MR) is 255 cm³/mol. The van der Waals surface area contributed by atoms with E-state index >= 15 is 0 Å². The minimum atomic E-state index is 1.10. The first-order chi connectivity index (χ1) is 29.8. The van der Waals surface area contributed by atoms with Gasteiger partial charge >= 0.3 is 0 Å². The number of hydrogen-bond donors (Lipinski definition) is 0. The molecule has 282 valence electrons. The van der Waals surface area contributed by atoms with Crippen LogP contribution in [0.4, 0.5) is 17.1 Å². The van der Waals surface area contributed by atoms with Crippen molar-refractivity contribution in [3.05, 3.63) is 243 Å². The lowest BCUT2D eigenvalue weighted by atomic mass is 9.94. The van der Waals surface area contributed by atoms with Crippen molar-refractivity contribution in [1.29, 1.82) is 0 Å². The fourth-order valence-corrected chi connectivity index (χ4v) is 8.92. The number of para-hydroxylation sites is 1. The molecule has 2 heteroatoms. The average molecular weight is 765 g/mol. The molecule has 0 unspecified atom stereocenters. The lowest BCUT2D eigenvalue weighted by Crippen LogP contribution is -2.09. The van der Waals surface area contributed by atoms with Gasteiger partial charge in [0.1, 0.15) is 0 Å². The Morgan fingerprint density at radius 3 is 1.33 bits per heavy atom. The molecule has 0 fully saturated rings. The summed E-state index contributed by atoms with van der Waals surface area (Å²) in [6.07, 6.45) is 0. The molecule has 2 nitrogen and oxygen atoms in total. The molecular weight excluding hydrogens is 725 g/mol. The molecule has 0 saturated heterocycles. The zero-order valence-electron chi connectivity index (χ0n) is 33.0. The zero-order chi connectivity index (χ0) is 39.8. The van der Waals surface area contributed by atoms with E-state index in [-0.39, 0.29) is 0 Å². The van der Waals surface area contributed by atoms with Crippen molar-refractivity contribution in [2.75, 3.05) is 4.90 Å². The summed E-state index contributed by atoms with van der Waals surface area (Å²) >= 11 is 0. The van der Waals surface area contributed by atoms with Crippen molar-refractivity contribution >= 4 is 49.6 Å². The molecule has 0 spiro atoms. The maximum atomic E-state index is 2.43. The van der Waals surface area contributed by atoms with E-state index in [1.807, 2.05) is 0 Å². The molecule has 10 aromatic carbocycles. The van der Waals surface area contributed by atoms with Crippen molar-refractivity contribution < 1.29 is 0 Å². The van der Waals surface area contributed by atoms with Gasteiger partial charge < -0.3 is 9.47 Å². The molecule has 0 aliphatic carbocycles. The van der Waals surface area contributed by atoms with Gasteiger partial charge in [0.2, 0.25) is 0 Å². The van der Waals surface area contributed by atoms with Crippen molar-refractivity contribution in [2.24, 2.45) is 0 Å². The Hall–Kier alpha value is -7.94. The van der Waals surface area contributed by atoms with Gasteiger partial charge in [-0.3, -0.25) is 0 Å². The maximum absolute atomic E-state index is 2.43. The molecule has 1 heterocycles. The van der Waals surface area contributed by atoms with Crippen LogP contribution in [0.2, 0.25) is 0 Å². The SMILES string of the molecule is c1ccc(-c2ccc(N(c3ccc(-c4ccccc4)cc3)c3ccc(-c4cccc(-n5c6ccccc6c6c7c(-c8ccccc8)cccc7ccc65)c4)cc3)cc2)cc1. The molecule has 0 amide bonds. The summed E-state index contributed by atoms with van der Waals surface area (Å²) in [5.74, 6) is 0. The van der Waals surface area contributed by atoms with Gasteiger partial charge in [0.25, 0.3) is 0 Å². The van der Waals surface area contributed by atoms with Crippen LogP contribution in [0.15, 0.2) is 243 Å². The molecule has 0 radical (unpaired) electrons. The van der Waals surface area contributed by atoms with Crippen LogP contribution in [0.5, 0.6) is 0 Å². The standard InChI is InChI=1S/C58H40N2/c1-4-14-41(15-5-1)43-26-33-49(34-27-43)59(50-35-28-44(29-36-50)42-16-6-2-7-17-42)51-37-30-45(31-38-51)48-21-12-22-52(40-48)60-55-25-11-10-23-54(55)58-56(60)39-32-47-20-13-24-53(57(47)58)46-18-8-3-9-19-46/h1-40H. The van der Waals surface area contributed by atoms with Crippen LogP contribution in [0.3, 0.4) is 0 Å². The summed E-state index contributed by atoms with van der Waals surface area (Å²) in [7, 11) is 0. The van der Waals surface area contributed by atoms with E-state index in [9.17, 15) is 0 Å². The summed E-state index contributed by atoms with van der Waals surface area (Å²) in [6, 6.07) is 87.7. The summed E-state index contributed by atoms with van der Waals surface area (Å²) in [4.78, 5) is 2.34. The van der Waals surface area contributed by atoms with Gasteiger partial charge in [-0.1, -0.05) is 182 Å². The Morgan fingerprint density at radius 2 is 0.750 bits per heavy atom. The number of nitrogens with zero attached hydrogens (tertiary/aromatic N) is 2. The van der Waals surface area contributed by atoms with Crippen molar-refractivity contribution in [1.82, 2.24) is 4.57 Å². The molecule has 60 heavy (non-hydrogen) atoms. The normalized spacial score (nSPS) is 11.3. The maximum Gasteiger partial charge on any atom is 0.0547 e. The lowest BCUT2D eigenvalue weighted by Gasteiger charge is -2.26. The average Bonchev–Trinajstić information content (AvgIpc) is 3.68. The smallest absolute Gasteiger partial charge is 0.0547 e. The quantitative estimate of drug-likeness (QED) is 0.150. The number of benzene rings is 10. The Labute approximate surface area is 350 Å². The fraction of sp³-hybridized carbons (Fsp3) is 0. The van der Waals surface area contributed by atoms with Crippen LogP contribution in [-0.2, 0) is 0 Å². The summed E-state index contributed by atoms with van der Waals surface area (Å²) in [5.41, 5.74) is 16.5. The van der Waals surface area contributed by atoms with Crippen LogP contribution in [0.1, 0.15) is 0 Å². The molecule has 0 N–H and O–H groups in total. The van der Waals surface area contributed by atoms with Crippen LogP contribution >= 0.6 is 0 Å². The van der Waals surface area contributed by atoms with Gasteiger partial charge in [0.15, 0.2) is 0 Å². The van der Waals surface area contributed by atoms with Crippen LogP contribution < -0.4 is 4.90 Å². The summed E-state index contributed by atoms with van der Waals surface area (Å²) in [5, 5.41) is 5.07. The minimum absolute atomic E-state index is 1.10. The van der Waals surface area contributed by atoms with E-state index in [1.54, 1.807) is 0 Å². The lowest BCUT2D eigenvalue weighted by molar-refractivity contribution is 1.18. The third kappa shape index (κ3) is 6.32. The largest absolute Gasteiger partial charge is 0.311 e. The highest BCUT2D eigenvalue weighted by molar-refractivity contribution is 6.24. The second-order valence-electron chi connectivity index (χ2n) is 15.3. The zero-order valence-corrected chi connectivity index (χ0v) is 33.0. The van der Waals surface area contributed by atoms with Gasteiger partial charge in [-0.25, -0.2) is 0 Å². The number of hydrogen-bond acceptors (Lipinski definition) is 1. The Morgan fingerprint density at radius 1 is 0.283 bits per heavy atom. The van der Waals surface area contributed by atoms with Gasteiger partial charge in [-0.2, -0.15) is 0 Å². The van der Waals surface area contributed by atoms with Gasteiger partial charge in [0, 0.05) is 33.5 Å². The highest BCUT2D eigenvalue weighted by atomic mass is 15.1. The molecule has 0 bridgehead atoms. The van der Waals surface area contributed by atoms with E-state index in [1.165, 1.54) is 71.5 Å². The van der Waals surface area contributed by atoms with Gasteiger partial charge in [-0.05, 0) is 116 Å². The van der Waals surface area contributed by atoms with E-state index in [2.05, 4.69) is 252 Å². The van der Waals surface area contributed by atoms with Gasteiger partial charge in [-0.15, -0.1) is 0 Å². The van der Waals surface area contributed by atoms with Crippen LogP contribution in [0.25, 0.3) is 82.8 Å². The van der Waals surface area contributed by atoms with E-state index in [4.69, 9.17) is 0 Å². The number of fused-ring (bicyclic) bond motifs is 5. The second kappa shape index (κ2) is 15.1. The summed E-state index contributed by atoms with van der Waals surface area (Å²) < 4.78 is 2.43. The van der Waals surface area contributed by atoms with E-state index in [0.29, 0.717) is 0 Å². The number of rotatable bonds is 8. The van der Waals surface area contributed by atoms with Crippen LogP contribution in [-0.4, -0.2) is 4.57 Å². The Bertz CT molecular complexity index is 3170. The summed E-state index contributed by atoms with van der Waals surface area (Å²) in [6.45, 7) is 0. The number of anilines is 3. The molecule has 1 aromatic heterocycles. The molecule has 0 aliphatic heterocycles. The first kappa shape index (κ1) is 35.2. The monoisotopic (exact) mass is 764 g/mol. The fourth-order valence-electron chi connectivity index (χ4n) is 8.92. The van der Waals surface area contributed by atoms with Crippen molar-refractivity contribution in [2.45, 2.75) is 0 Å². The van der Waals surface area contributed by atoms with Crippen molar-refractivity contribution in [3.8, 4) is 50.2 Å². The van der Waals surface area contributed by atoms with Gasteiger partial charge in [0.05, 0.1) is 11.0 Å². The van der Waals surface area contributed by atoms with E-state index < -0.39 is 0 Å². The molecule has 0 atom stereocenters. The first-order valence-electron chi connectivity index (χ1n) is 20.6. The van der Waals surface area contributed by atoms with Crippen molar-refractivity contribution in [3.63, 3.8) is 0 Å². The molecule has 11 aromatic rings. The minimum Gasteiger partial charge on any atom is -0.311 e. The second-order valence-corrected chi connectivity index (χ2v) is 15.3. The Balaban J connectivity index is 0.990. The Kier molecular flexibility index (Phi) is 8.87. The topological polar surface area (TPSA) is 8.17 Å². The molecule has 0 saturated carbocycles. The third-order valence-corrected chi connectivity index (χ3v) is 11.8. The first-order valence-corrected chi connectivity index (χ1v) is 20.6. The highest BCUT2D eigenvalue weighted by Gasteiger charge is 2.18. The third-order valence-electron chi connectivity index (χ3n) is 11.8. The predicted octanol–water partition coefficient (Wildman–Crippen LogP) is 16.1. The molecule has 11 rings (SSSR count). The molecule has 0 aliphatic rings. The van der Waals surface area contributed by atoms with Crippen LogP contribution in [0, 0.1) is 0 Å². The highest BCUT2D eigenvalue weighted by Crippen LogP contribution is 2.42. The number of aromatic nitrogens is 1. The van der Waals surface area contributed by atoms with E-state index in [0.717, 1.165) is 28.3 Å². The molecular formula is C58H40N2.